The van der Waals surface area contributed by atoms with Crippen LogP contribution in [0.5, 0.6) is 0 Å². The molecular weight excluding hydrogens is 395 g/mol. The maximum Gasteiger partial charge on any atom is 0.230 e. The SMILES string of the molecule is Cl.O[C@@H]1CNC[C@@H](Nc2cc3c(C4CC4)cnn3c(Nc3cccc(F)c3)n2)C1. The van der Waals surface area contributed by atoms with Gasteiger partial charge in [-0.3, -0.25) is 0 Å². The first-order valence-corrected chi connectivity index (χ1v) is 9.72. The Hall–Kier alpha value is -2.42. The van der Waals surface area contributed by atoms with Crippen LogP contribution in [0, 0.1) is 5.82 Å². The van der Waals surface area contributed by atoms with Crippen molar-refractivity contribution < 1.29 is 9.50 Å². The van der Waals surface area contributed by atoms with E-state index >= 15 is 0 Å². The zero-order chi connectivity index (χ0) is 19.1. The number of hydrogen-bond donors (Lipinski definition) is 4. The van der Waals surface area contributed by atoms with Gasteiger partial charge in [-0.1, -0.05) is 6.07 Å². The number of aromatic nitrogens is 3. The van der Waals surface area contributed by atoms with Crippen LogP contribution in [0.15, 0.2) is 36.5 Å². The highest BCUT2D eigenvalue weighted by atomic mass is 35.5. The molecule has 2 aliphatic rings. The third kappa shape index (κ3) is 4.29. The number of anilines is 3. The summed E-state index contributed by atoms with van der Waals surface area (Å²) in [7, 11) is 0. The van der Waals surface area contributed by atoms with E-state index in [1.807, 2.05) is 12.3 Å². The van der Waals surface area contributed by atoms with E-state index in [-0.39, 0.29) is 30.4 Å². The minimum absolute atomic E-state index is 0. The van der Waals surface area contributed by atoms with Gasteiger partial charge < -0.3 is 21.1 Å². The highest BCUT2D eigenvalue weighted by Crippen LogP contribution is 2.42. The fraction of sp³-hybridized carbons (Fsp3) is 0.400. The summed E-state index contributed by atoms with van der Waals surface area (Å²) in [6.07, 6.45) is 4.56. The molecule has 2 aromatic heterocycles. The van der Waals surface area contributed by atoms with E-state index in [2.05, 4.69) is 26.0 Å². The predicted molar refractivity (Wildman–Crippen MR) is 113 cm³/mol. The smallest absolute Gasteiger partial charge is 0.230 e. The van der Waals surface area contributed by atoms with E-state index in [0.717, 1.165) is 17.9 Å². The second-order valence-corrected chi connectivity index (χ2v) is 7.66. The number of fused-ring (bicyclic) bond motifs is 1. The molecule has 2 atom stereocenters. The number of benzene rings is 1. The van der Waals surface area contributed by atoms with Crippen molar-refractivity contribution in [1.29, 1.82) is 0 Å². The maximum atomic E-state index is 13.6. The lowest BCUT2D eigenvalue weighted by Gasteiger charge is -2.28. The van der Waals surface area contributed by atoms with Crippen LogP contribution in [0.2, 0.25) is 0 Å². The summed E-state index contributed by atoms with van der Waals surface area (Å²) in [5.41, 5.74) is 2.84. The summed E-state index contributed by atoms with van der Waals surface area (Å²) in [6.45, 7) is 1.39. The summed E-state index contributed by atoms with van der Waals surface area (Å²) >= 11 is 0. The van der Waals surface area contributed by atoms with Crippen molar-refractivity contribution in [3.63, 3.8) is 0 Å². The Morgan fingerprint density at radius 1 is 1.21 bits per heavy atom. The van der Waals surface area contributed by atoms with E-state index < -0.39 is 0 Å². The lowest BCUT2D eigenvalue weighted by molar-refractivity contribution is 0.136. The van der Waals surface area contributed by atoms with E-state index in [0.29, 0.717) is 30.5 Å². The Labute approximate surface area is 174 Å². The Bertz CT molecular complexity index is 1010. The van der Waals surface area contributed by atoms with Gasteiger partial charge in [0.2, 0.25) is 5.95 Å². The summed E-state index contributed by atoms with van der Waals surface area (Å²) in [6, 6.07) is 8.40. The highest BCUT2D eigenvalue weighted by Gasteiger charge is 2.28. The molecular formula is C20H24ClFN6O. The normalized spacial score (nSPS) is 21.6. The lowest BCUT2D eigenvalue weighted by Crippen LogP contribution is -2.45. The molecule has 1 aliphatic carbocycles. The summed E-state index contributed by atoms with van der Waals surface area (Å²) in [5, 5.41) is 24.3. The molecule has 2 fully saturated rings. The largest absolute Gasteiger partial charge is 0.392 e. The number of aliphatic hydroxyl groups is 1. The molecule has 3 heterocycles. The van der Waals surface area contributed by atoms with Gasteiger partial charge in [-0.05, 0) is 43.4 Å². The average Bonchev–Trinajstić information content (AvgIpc) is 3.41. The fourth-order valence-corrected chi connectivity index (χ4v) is 3.80. The second-order valence-electron chi connectivity index (χ2n) is 7.66. The van der Waals surface area contributed by atoms with Gasteiger partial charge in [-0.25, -0.2) is 4.39 Å². The van der Waals surface area contributed by atoms with Crippen LogP contribution >= 0.6 is 12.4 Å². The summed E-state index contributed by atoms with van der Waals surface area (Å²) in [4.78, 5) is 4.68. The lowest BCUT2D eigenvalue weighted by atomic mass is 10.1. The zero-order valence-electron chi connectivity index (χ0n) is 15.8. The van der Waals surface area contributed by atoms with Crippen molar-refractivity contribution in [2.75, 3.05) is 23.7 Å². The van der Waals surface area contributed by atoms with Crippen LogP contribution in [0.3, 0.4) is 0 Å². The van der Waals surface area contributed by atoms with Gasteiger partial charge in [-0.2, -0.15) is 14.6 Å². The van der Waals surface area contributed by atoms with Crippen molar-refractivity contribution in [2.24, 2.45) is 0 Å². The first kappa shape index (κ1) is 19.9. The molecule has 1 saturated heterocycles. The number of β-amino-alcohol motifs (C(OH)–C–C–N with tert-alkyl or cyclic N) is 1. The maximum absolute atomic E-state index is 13.6. The summed E-state index contributed by atoms with van der Waals surface area (Å²) < 4.78 is 15.4. The second kappa shape index (κ2) is 8.14. The van der Waals surface area contributed by atoms with Gasteiger partial charge >= 0.3 is 0 Å². The number of nitrogens with one attached hydrogen (secondary N) is 3. The van der Waals surface area contributed by atoms with E-state index in [4.69, 9.17) is 0 Å². The quantitative estimate of drug-likeness (QED) is 0.509. The minimum atomic E-state index is -0.364. The number of hydrogen-bond acceptors (Lipinski definition) is 6. The van der Waals surface area contributed by atoms with Crippen LogP contribution in [-0.2, 0) is 0 Å². The van der Waals surface area contributed by atoms with E-state index in [1.165, 1.54) is 30.5 Å². The molecule has 0 spiro atoms. The molecule has 7 nitrogen and oxygen atoms in total. The molecule has 5 rings (SSSR count). The molecule has 0 bridgehead atoms. The average molecular weight is 419 g/mol. The van der Waals surface area contributed by atoms with Gasteiger partial charge in [-0.15, -0.1) is 12.4 Å². The standard InChI is InChI=1S/C20H23FN6O.ClH/c21-13-2-1-3-14(6-13)25-20-26-19(24-15-7-16(28)10-22-9-15)8-18-17(12-4-5-12)11-23-27(18)20;/h1-3,6,8,11-12,15-16,22,24,28H,4-5,7,9-10H2,(H,25,26);1H/t15-,16-;/m0./s1. The van der Waals surface area contributed by atoms with Crippen LogP contribution in [0.25, 0.3) is 5.52 Å². The molecule has 9 heteroatoms. The van der Waals surface area contributed by atoms with E-state index in [9.17, 15) is 9.50 Å². The number of aliphatic hydroxyl groups excluding tert-OH is 1. The van der Waals surface area contributed by atoms with Crippen LogP contribution < -0.4 is 16.0 Å². The minimum Gasteiger partial charge on any atom is -0.392 e. The Morgan fingerprint density at radius 2 is 2.07 bits per heavy atom. The van der Waals surface area contributed by atoms with Gasteiger partial charge in [0.25, 0.3) is 0 Å². The van der Waals surface area contributed by atoms with Crippen molar-refractivity contribution in [3.05, 3.63) is 47.9 Å². The van der Waals surface area contributed by atoms with Crippen molar-refractivity contribution in [3.8, 4) is 0 Å². The van der Waals surface area contributed by atoms with Gasteiger partial charge in [0.15, 0.2) is 0 Å². The van der Waals surface area contributed by atoms with Gasteiger partial charge in [0.1, 0.15) is 11.6 Å². The Balaban J connectivity index is 0.00000205. The number of nitrogens with zero attached hydrogens (tertiary/aromatic N) is 3. The van der Waals surface area contributed by atoms with Crippen molar-refractivity contribution in [2.45, 2.75) is 37.3 Å². The third-order valence-corrected chi connectivity index (χ3v) is 5.31. The van der Waals surface area contributed by atoms with Crippen LogP contribution in [-0.4, -0.2) is 44.9 Å². The number of rotatable bonds is 5. The van der Waals surface area contributed by atoms with E-state index in [1.54, 1.807) is 16.6 Å². The molecule has 1 aliphatic heterocycles. The molecule has 1 aromatic carbocycles. The van der Waals surface area contributed by atoms with Crippen LogP contribution in [0.1, 0.15) is 30.7 Å². The molecule has 29 heavy (non-hydrogen) atoms. The number of piperidine rings is 1. The Kier molecular flexibility index (Phi) is 5.58. The molecule has 0 radical (unpaired) electrons. The first-order chi connectivity index (χ1) is 13.7. The monoisotopic (exact) mass is 418 g/mol. The molecule has 154 valence electrons. The fourth-order valence-electron chi connectivity index (χ4n) is 3.80. The van der Waals surface area contributed by atoms with Crippen molar-refractivity contribution in [1.82, 2.24) is 19.9 Å². The zero-order valence-corrected chi connectivity index (χ0v) is 16.6. The van der Waals surface area contributed by atoms with Gasteiger partial charge in [0, 0.05) is 36.4 Å². The summed E-state index contributed by atoms with van der Waals surface area (Å²) in [5.74, 6) is 1.49. The molecule has 0 amide bonds. The van der Waals surface area contributed by atoms with Crippen LogP contribution in [0.4, 0.5) is 21.8 Å². The molecule has 4 N–H and O–H groups in total. The van der Waals surface area contributed by atoms with Gasteiger partial charge in [0.05, 0.1) is 17.8 Å². The first-order valence-electron chi connectivity index (χ1n) is 9.72. The molecule has 3 aromatic rings. The molecule has 1 saturated carbocycles. The third-order valence-electron chi connectivity index (χ3n) is 5.31. The molecule has 0 unspecified atom stereocenters. The van der Waals surface area contributed by atoms with Crippen molar-refractivity contribution >= 4 is 35.4 Å². The topological polar surface area (TPSA) is 86.5 Å². The highest BCUT2D eigenvalue weighted by molar-refractivity contribution is 5.85. The predicted octanol–water partition coefficient (Wildman–Crippen LogP) is 3.05. The number of halogens is 2. The Morgan fingerprint density at radius 3 is 2.83 bits per heavy atom.